The third-order valence-electron chi connectivity index (χ3n) is 1.89. The summed E-state index contributed by atoms with van der Waals surface area (Å²) in [7, 11) is 1.64. The summed E-state index contributed by atoms with van der Waals surface area (Å²) in [6.07, 6.45) is 2.19. The summed E-state index contributed by atoms with van der Waals surface area (Å²) < 4.78 is 11.5. The van der Waals surface area contributed by atoms with Gasteiger partial charge in [-0.15, -0.1) is 0 Å². The molecule has 0 saturated carbocycles. The SMILES string of the molecule is COCOC/C=[C](/C)[Sn]([CH3])([CH3])[CH3]. The number of methoxy groups -OCH3 is 1. The predicted octanol–water partition coefficient (Wildman–Crippen LogP) is 2.43. The molecule has 0 aliphatic rings. The molecule has 0 rings (SSSR count). The molecule has 0 bridgehead atoms. The fraction of sp³-hybridized carbons (Fsp3) is 0.778. The molecule has 0 unspecified atom stereocenters. The second-order valence-corrected chi connectivity index (χ2v) is 19.0. The van der Waals surface area contributed by atoms with Crippen LogP contribution in [0.5, 0.6) is 0 Å². The molecule has 72 valence electrons. The van der Waals surface area contributed by atoms with E-state index in [1.165, 1.54) is 0 Å². The van der Waals surface area contributed by atoms with E-state index in [1.54, 1.807) is 10.7 Å². The van der Waals surface area contributed by atoms with Crippen LogP contribution in [0.1, 0.15) is 6.92 Å². The quantitative estimate of drug-likeness (QED) is 0.437. The van der Waals surface area contributed by atoms with E-state index in [0.29, 0.717) is 13.4 Å². The summed E-state index contributed by atoms with van der Waals surface area (Å²) in [5.74, 6) is 0. The Balaban J connectivity index is 3.70. The zero-order chi connectivity index (χ0) is 9.61. The van der Waals surface area contributed by atoms with Crippen molar-refractivity contribution in [2.45, 2.75) is 21.7 Å². The van der Waals surface area contributed by atoms with Gasteiger partial charge in [0.1, 0.15) is 0 Å². The molecule has 0 N–H and O–H groups in total. The van der Waals surface area contributed by atoms with Gasteiger partial charge < -0.3 is 0 Å². The van der Waals surface area contributed by atoms with E-state index < -0.39 is 18.4 Å². The van der Waals surface area contributed by atoms with Crippen molar-refractivity contribution in [3.05, 3.63) is 9.67 Å². The molecule has 0 aromatic rings. The first-order valence-corrected chi connectivity index (χ1v) is 14.2. The van der Waals surface area contributed by atoms with Crippen molar-refractivity contribution in [2.75, 3.05) is 20.5 Å². The Morgan fingerprint density at radius 3 is 2.33 bits per heavy atom. The molecule has 0 atom stereocenters. The molecule has 0 radical (unpaired) electrons. The topological polar surface area (TPSA) is 18.5 Å². The first-order valence-electron chi connectivity index (χ1n) is 4.22. The molecule has 0 saturated heterocycles. The number of hydrogen-bond acceptors (Lipinski definition) is 2. The zero-order valence-electron chi connectivity index (χ0n) is 8.81. The van der Waals surface area contributed by atoms with Crippen LogP contribution >= 0.6 is 0 Å². The van der Waals surface area contributed by atoms with E-state index in [0.717, 1.165) is 0 Å². The molecular formula is C9H20O2Sn. The number of allylic oxidation sites excluding steroid dienone is 1. The van der Waals surface area contributed by atoms with Gasteiger partial charge in [-0.25, -0.2) is 0 Å². The first kappa shape index (κ1) is 12.5. The standard InChI is InChI=1S/C6H11O2.3CH3.Sn/c1-3-4-5-8-6-7-2;;;;/h4H,5-6H2,1-2H3;3*1H3;. The van der Waals surface area contributed by atoms with E-state index in [2.05, 4.69) is 27.8 Å². The minimum absolute atomic E-state index is 0.392. The van der Waals surface area contributed by atoms with Gasteiger partial charge in [0, 0.05) is 0 Å². The molecule has 0 amide bonds. The zero-order valence-corrected chi connectivity index (χ0v) is 11.7. The van der Waals surface area contributed by atoms with Gasteiger partial charge in [0.15, 0.2) is 0 Å². The molecule has 0 fully saturated rings. The first-order chi connectivity index (χ1) is 5.48. The molecule has 0 heterocycles. The van der Waals surface area contributed by atoms with Crippen molar-refractivity contribution in [3.8, 4) is 0 Å². The maximum atomic E-state index is 5.18. The monoisotopic (exact) mass is 280 g/mol. The number of hydrogen-bond donors (Lipinski definition) is 0. The van der Waals surface area contributed by atoms with Crippen LogP contribution in [0.3, 0.4) is 0 Å². The molecular weight excluding hydrogens is 259 g/mol. The molecule has 0 aliphatic carbocycles. The second-order valence-electron chi connectivity index (χ2n) is 3.91. The molecule has 0 spiro atoms. The van der Waals surface area contributed by atoms with Gasteiger partial charge >= 0.3 is 79.8 Å². The van der Waals surface area contributed by atoms with Crippen LogP contribution in [0.25, 0.3) is 0 Å². The average Bonchev–Trinajstić information content (AvgIpc) is 1.96. The van der Waals surface area contributed by atoms with Crippen LogP contribution in [-0.2, 0) is 9.47 Å². The van der Waals surface area contributed by atoms with E-state index in [4.69, 9.17) is 9.47 Å². The van der Waals surface area contributed by atoms with Crippen LogP contribution in [0.15, 0.2) is 9.67 Å². The van der Waals surface area contributed by atoms with Gasteiger partial charge in [0.05, 0.1) is 0 Å². The Labute approximate surface area is 79.8 Å². The van der Waals surface area contributed by atoms with Crippen molar-refractivity contribution in [1.82, 2.24) is 0 Å². The summed E-state index contributed by atoms with van der Waals surface area (Å²) in [6, 6.07) is 0. The van der Waals surface area contributed by atoms with Crippen LogP contribution in [0.4, 0.5) is 0 Å². The van der Waals surface area contributed by atoms with Gasteiger partial charge in [-0.3, -0.25) is 0 Å². The fourth-order valence-electron chi connectivity index (χ4n) is 0.622. The molecule has 0 aromatic carbocycles. The van der Waals surface area contributed by atoms with Gasteiger partial charge in [0.2, 0.25) is 0 Å². The summed E-state index contributed by atoms with van der Waals surface area (Å²) in [5, 5.41) is 0. The van der Waals surface area contributed by atoms with Crippen LogP contribution in [0.2, 0.25) is 14.8 Å². The van der Waals surface area contributed by atoms with E-state index in [1.807, 2.05) is 0 Å². The van der Waals surface area contributed by atoms with E-state index >= 15 is 0 Å². The van der Waals surface area contributed by atoms with E-state index in [-0.39, 0.29) is 0 Å². The summed E-state index contributed by atoms with van der Waals surface area (Å²) in [4.78, 5) is 7.20. The maximum absolute atomic E-state index is 5.18. The van der Waals surface area contributed by atoms with Crippen LogP contribution in [0, 0.1) is 0 Å². The summed E-state index contributed by atoms with van der Waals surface area (Å²) in [5.41, 5.74) is 0. The Morgan fingerprint density at radius 2 is 1.92 bits per heavy atom. The molecule has 12 heavy (non-hydrogen) atoms. The summed E-state index contributed by atoms with van der Waals surface area (Å²) >= 11 is -1.76. The Kier molecular flexibility index (Phi) is 6.22. The molecule has 0 aromatic heterocycles. The van der Waals surface area contributed by atoms with Gasteiger partial charge in [-0.1, -0.05) is 0 Å². The Bertz CT molecular complexity index is 147. The predicted molar refractivity (Wildman–Crippen MR) is 54.9 cm³/mol. The van der Waals surface area contributed by atoms with Crippen LogP contribution < -0.4 is 0 Å². The number of rotatable bonds is 5. The molecule has 0 aliphatic heterocycles. The molecule has 3 heteroatoms. The van der Waals surface area contributed by atoms with Crippen molar-refractivity contribution in [1.29, 1.82) is 0 Å². The van der Waals surface area contributed by atoms with Crippen LogP contribution in [-0.4, -0.2) is 38.9 Å². The van der Waals surface area contributed by atoms with E-state index in [9.17, 15) is 0 Å². The third-order valence-corrected chi connectivity index (χ3v) is 9.23. The fourth-order valence-corrected chi connectivity index (χ4v) is 2.61. The van der Waals surface area contributed by atoms with Crippen molar-refractivity contribution in [3.63, 3.8) is 0 Å². The Hall–Kier alpha value is 0.459. The number of ether oxygens (including phenoxy) is 2. The van der Waals surface area contributed by atoms with Gasteiger partial charge in [-0.2, -0.15) is 0 Å². The van der Waals surface area contributed by atoms with Crippen molar-refractivity contribution < 1.29 is 9.47 Å². The minimum atomic E-state index is -1.76. The average molecular weight is 279 g/mol. The van der Waals surface area contributed by atoms with Crippen molar-refractivity contribution in [2.24, 2.45) is 0 Å². The second kappa shape index (κ2) is 6.00. The normalized spacial score (nSPS) is 13.6. The summed E-state index contributed by atoms with van der Waals surface area (Å²) in [6.45, 7) is 3.30. The molecule has 2 nitrogen and oxygen atoms in total. The van der Waals surface area contributed by atoms with Crippen molar-refractivity contribution >= 4 is 18.4 Å². The third kappa shape index (κ3) is 6.03. The van der Waals surface area contributed by atoms with Gasteiger partial charge in [0.25, 0.3) is 0 Å². The van der Waals surface area contributed by atoms with Gasteiger partial charge in [-0.05, 0) is 0 Å². The Morgan fingerprint density at radius 1 is 1.33 bits per heavy atom.